The average Bonchev–Trinajstić information content (AvgIpc) is 2.43. The molecule has 0 aliphatic carbocycles. The Morgan fingerprint density at radius 2 is 1.90 bits per heavy atom. The zero-order valence-corrected chi connectivity index (χ0v) is 12.5. The molecule has 0 amide bonds. The lowest BCUT2D eigenvalue weighted by molar-refractivity contribution is 0.213. The molecule has 1 aromatic carbocycles. The van der Waals surface area contributed by atoms with Gasteiger partial charge in [-0.15, -0.1) is 0 Å². The molecule has 0 unspecified atom stereocenters. The van der Waals surface area contributed by atoms with Gasteiger partial charge in [0.15, 0.2) is 9.84 Å². The van der Waals surface area contributed by atoms with E-state index in [0.717, 1.165) is 0 Å². The number of nitriles is 1. The van der Waals surface area contributed by atoms with Gasteiger partial charge >= 0.3 is 0 Å². The van der Waals surface area contributed by atoms with E-state index in [4.69, 9.17) is 10.4 Å². The molecule has 1 aromatic rings. The average molecular weight is 296 g/mol. The summed E-state index contributed by atoms with van der Waals surface area (Å²) < 4.78 is 24.2. The fourth-order valence-corrected chi connectivity index (χ4v) is 2.92. The van der Waals surface area contributed by atoms with Gasteiger partial charge in [-0.2, -0.15) is 5.26 Å². The Morgan fingerprint density at radius 1 is 1.30 bits per heavy atom. The molecule has 0 aliphatic heterocycles. The summed E-state index contributed by atoms with van der Waals surface area (Å²) in [6, 6.07) is 7.71. The van der Waals surface area contributed by atoms with E-state index in [-0.39, 0.29) is 35.8 Å². The van der Waals surface area contributed by atoms with Crippen molar-refractivity contribution in [2.24, 2.45) is 5.92 Å². The van der Waals surface area contributed by atoms with Crippen LogP contribution in [0.25, 0.3) is 0 Å². The summed E-state index contributed by atoms with van der Waals surface area (Å²) in [7, 11) is -3.37. The minimum absolute atomic E-state index is 0.0193. The van der Waals surface area contributed by atoms with Crippen molar-refractivity contribution in [2.75, 3.05) is 18.9 Å². The summed E-state index contributed by atoms with van der Waals surface area (Å²) in [5, 5.41) is 20.9. The van der Waals surface area contributed by atoms with E-state index in [1.54, 1.807) is 0 Å². The Labute approximate surface area is 120 Å². The maximum Gasteiger partial charge on any atom is 0.179 e. The van der Waals surface area contributed by atoms with Gasteiger partial charge in [-0.3, -0.25) is 0 Å². The van der Waals surface area contributed by atoms with Crippen LogP contribution in [0.15, 0.2) is 29.2 Å². The number of hydrogen-bond acceptors (Lipinski definition) is 5. The quantitative estimate of drug-likeness (QED) is 0.781. The monoisotopic (exact) mass is 296 g/mol. The van der Waals surface area contributed by atoms with E-state index >= 15 is 0 Å². The van der Waals surface area contributed by atoms with Gasteiger partial charge in [-0.05, 0) is 30.2 Å². The number of aliphatic hydroxyl groups excluding tert-OH is 1. The summed E-state index contributed by atoms with van der Waals surface area (Å²) in [6.45, 7) is 4.19. The Balaban J connectivity index is 2.64. The molecule has 5 nitrogen and oxygen atoms in total. The highest BCUT2D eigenvalue weighted by Gasteiger charge is 2.16. The van der Waals surface area contributed by atoms with Gasteiger partial charge in [-0.1, -0.05) is 13.8 Å². The van der Waals surface area contributed by atoms with Crippen LogP contribution in [0.1, 0.15) is 19.4 Å². The van der Waals surface area contributed by atoms with E-state index in [1.165, 1.54) is 24.3 Å². The normalized spacial score (nSPS) is 13.2. The Bertz CT molecular complexity index is 559. The first-order chi connectivity index (χ1) is 9.40. The number of rotatable bonds is 7. The number of nitrogens with one attached hydrogen (secondary N) is 1. The number of hydrogen-bond donors (Lipinski definition) is 2. The summed E-state index contributed by atoms with van der Waals surface area (Å²) in [6.07, 6.45) is 0. The minimum Gasteiger partial charge on any atom is -0.395 e. The zero-order chi connectivity index (χ0) is 15.2. The molecule has 0 aliphatic rings. The molecular formula is C14H20N2O3S. The molecule has 0 fully saturated rings. The number of nitrogens with zero attached hydrogens (tertiary/aromatic N) is 1. The topological polar surface area (TPSA) is 90.2 Å². The second-order valence-electron chi connectivity index (χ2n) is 4.94. The van der Waals surface area contributed by atoms with Crippen molar-refractivity contribution in [3.05, 3.63) is 29.8 Å². The number of sulfone groups is 1. The first-order valence-corrected chi connectivity index (χ1v) is 8.13. The molecule has 1 rings (SSSR count). The van der Waals surface area contributed by atoms with E-state index < -0.39 is 9.84 Å². The lowest BCUT2D eigenvalue weighted by atomic mass is 10.1. The molecule has 2 N–H and O–H groups in total. The molecule has 0 saturated heterocycles. The summed E-state index contributed by atoms with van der Waals surface area (Å²) in [5.74, 6) is 0.194. The second-order valence-corrected chi connectivity index (χ2v) is 7.05. The first-order valence-electron chi connectivity index (χ1n) is 6.48. The first kappa shape index (κ1) is 16.6. The third-order valence-corrected chi connectivity index (χ3v) is 4.85. The molecule has 0 aromatic heterocycles. The molecule has 1 atom stereocenters. The van der Waals surface area contributed by atoms with Gasteiger partial charge in [0.1, 0.15) is 0 Å². The Hall–Kier alpha value is -1.42. The summed E-state index contributed by atoms with van der Waals surface area (Å²) >= 11 is 0. The molecular weight excluding hydrogens is 276 g/mol. The van der Waals surface area contributed by atoms with Crippen molar-refractivity contribution < 1.29 is 13.5 Å². The van der Waals surface area contributed by atoms with Crippen molar-refractivity contribution in [2.45, 2.75) is 24.8 Å². The van der Waals surface area contributed by atoms with Gasteiger partial charge in [0, 0.05) is 12.6 Å². The fourth-order valence-electron chi connectivity index (χ4n) is 1.74. The molecule has 20 heavy (non-hydrogen) atoms. The Morgan fingerprint density at radius 3 is 2.35 bits per heavy atom. The van der Waals surface area contributed by atoms with Crippen LogP contribution in [0.5, 0.6) is 0 Å². The lowest BCUT2D eigenvalue weighted by Gasteiger charge is -2.19. The lowest BCUT2D eigenvalue weighted by Crippen LogP contribution is -2.39. The molecule has 0 heterocycles. The van der Waals surface area contributed by atoms with Crippen LogP contribution in [0.2, 0.25) is 0 Å². The van der Waals surface area contributed by atoms with Crippen LogP contribution in [-0.2, 0) is 9.84 Å². The maximum atomic E-state index is 12.1. The third-order valence-electron chi connectivity index (χ3n) is 3.12. The fraction of sp³-hybridized carbons (Fsp3) is 0.500. The van der Waals surface area contributed by atoms with Gasteiger partial charge in [0.2, 0.25) is 0 Å². The van der Waals surface area contributed by atoms with Crippen molar-refractivity contribution in [3.8, 4) is 6.07 Å². The van der Waals surface area contributed by atoms with E-state index in [2.05, 4.69) is 5.32 Å². The highest BCUT2D eigenvalue weighted by atomic mass is 32.2. The van der Waals surface area contributed by atoms with Crippen LogP contribution in [0.3, 0.4) is 0 Å². The summed E-state index contributed by atoms with van der Waals surface area (Å²) in [4.78, 5) is 0.211. The number of benzene rings is 1. The zero-order valence-electron chi connectivity index (χ0n) is 11.7. The van der Waals surface area contributed by atoms with Crippen LogP contribution in [0.4, 0.5) is 0 Å². The minimum atomic E-state index is -3.37. The SMILES string of the molecule is CC(C)[C@@H](CO)NCCS(=O)(=O)c1ccc(C#N)cc1. The molecule has 0 bridgehead atoms. The van der Waals surface area contributed by atoms with E-state index in [1.807, 2.05) is 19.9 Å². The summed E-state index contributed by atoms with van der Waals surface area (Å²) in [5.41, 5.74) is 0.433. The molecule has 110 valence electrons. The highest BCUT2D eigenvalue weighted by Crippen LogP contribution is 2.12. The van der Waals surface area contributed by atoms with Crippen molar-refractivity contribution in [1.82, 2.24) is 5.32 Å². The van der Waals surface area contributed by atoms with Crippen molar-refractivity contribution in [3.63, 3.8) is 0 Å². The molecule has 6 heteroatoms. The van der Waals surface area contributed by atoms with Crippen LogP contribution < -0.4 is 5.32 Å². The standard InChI is InChI=1S/C14H20N2O3S/c1-11(2)14(10-17)16-7-8-20(18,19)13-5-3-12(9-15)4-6-13/h3-6,11,14,16-17H,7-8,10H2,1-2H3/t14-/m1/s1. The van der Waals surface area contributed by atoms with Crippen LogP contribution >= 0.6 is 0 Å². The van der Waals surface area contributed by atoms with E-state index in [9.17, 15) is 8.42 Å². The predicted molar refractivity (Wildman–Crippen MR) is 76.9 cm³/mol. The largest absolute Gasteiger partial charge is 0.395 e. The van der Waals surface area contributed by atoms with Gasteiger partial charge < -0.3 is 10.4 Å². The third kappa shape index (κ3) is 4.60. The smallest absolute Gasteiger partial charge is 0.179 e. The van der Waals surface area contributed by atoms with Crippen LogP contribution in [0, 0.1) is 17.2 Å². The van der Waals surface area contributed by atoms with E-state index in [0.29, 0.717) is 5.56 Å². The van der Waals surface area contributed by atoms with Gasteiger partial charge in [-0.25, -0.2) is 8.42 Å². The molecule has 0 saturated carbocycles. The van der Waals surface area contributed by atoms with Gasteiger partial charge in [0.25, 0.3) is 0 Å². The van der Waals surface area contributed by atoms with Crippen molar-refractivity contribution >= 4 is 9.84 Å². The molecule has 0 radical (unpaired) electrons. The second kappa shape index (κ2) is 7.39. The number of aliphatic hydroxyl groups is 1. The molecule has 0 spiro atoms. The predicted octanol–water partition coefficient (Wildman–Crippen LogP) is 0.938. The highest BCUT2D eigenvalue weighted by molar-refractivity contribution is 7.91. The Kier molecular flexibility index (Phi) is 6.14. The maximum absolute atomic E-state index is 12.1. The van der Waals surface area contributed by atoms with Crippen LogP contribution in [-0.4, -0.2) is 38.5 Å². The van der Waals surface area contributed by atoms with Crippen molar-refractivity contribution in [1.29, 1.82) is 5.26 Å². The van der Waals surface area contributed by atoms with Gasteiger partial charge in [0.05, 0.1) is 28.9 Å².